The molecule has 0 aromatic heterocycles. The first-order chi connectivity index (χ1) is 7.67. The minimum absolute atomic E-state index is 0.167. The molecule has 0 heterocycles. The van der Waals surface area contributed by atoms with Crippen LogP contribution in [0.15, 0.2) is 24.3 Å². The van der Waals surface area contributed by atoms with Crippen LogP contribution in [-0.2, 0) is 9.47 Å². The number of benzene rings is 1. The van der Waals surface area contributed by atoms with Crippen LogP contribution in [0.5, 0.6) is 0 Å². The molecule has 0 aliphatic heterocycles. The van der Waals surface area contributed by atoms with Gasteiger partial charge in [0.25, 0.3) is 0 Å². The largest absolute Gasteiger partial charge is 0.509 e. The lowest BCUT2D eigenvalue weighted by molar-refractivity contribution is 0.0421. The molecule has 1 rings (SSSR count). The number of halogens is 1. The Balaban J connectivity index is 2.72. The summed E-state index contributed by atoms with van der Waals surface area (Å²) >= 11 is 0. The van der Waals surface area contributed by atoms with Crippen LogP contribution in [0.25, 0.3) is 0 Å². The lowest BCUT2D eigenvalue weighted by Gasteiger charge is -2.10. The minimum Gasteiger partial charge on any atom is -0.435 e. The third kappa shape index (κ3) is 3.24. The molecule has 0 fully saturated rings. The molecule has 0 bridgehead atoms. The van der Waals surface area contributed by atoms with Gasteiger partial charge in [0, 0.05) is 5.56 Å². The van der Waals surface area contributed by atoms with Gasteiger partial charge in [-0.05, 0) is 19.1 Å². The summed E-state index contributed by atoms with van der Waals surface area (Å²) in [5.41, 5.74) is 0.400. The summed E-state index contributed by atoms with van der Waals surface area (Å²) in [6.45, 7) is 1.79. The molecule has 1 aromatic rings. The number of nitrogens with zero attached hydrogens (tertiary/aromatic N) is 1. The van der Waals surface area contributed by atoms with E-state index in [0.29, 0.717) is 5.56 Å². The Morgan fingerprint density at radius 2 is 2.12 bits per heavy atom. The maximum Gasteiger partial charge on any atom is 0.509 e. The Morgan fingerprint density at radius 1 is 1.50 bits per heavy atom. The van der Waals surface area contributed by atoms with Gasteiger partial charge in [0.2, 0.25) is 6.10 Å². The normalized spacial score (nSPS) is 11.3. The summed E-state index contributed by atoms with van der Waals surface area (Å²) in [4.78, 5) is 11.0. The molecule has 0 amide bonds. The molecular weight excluding hydrogens is 213 g/mol. The van der Waals surface area contributed by atoms with Crippen molar-refractivity contribution < 1.29 is 18.7 Å². The molecule has 5 heteroatoms. The standard InChI is InChI=1S/C11H10FNO3/c1-2-15-11(14)16-10(7-13)8-3-5-9(12)6-4-8/h3-6,10H,2H2,1H3. The summed E-state index contributed by atoms with van der Waals surface area (Å²) in [5.74, 6) is -0.420. The molecule has 0 N–H and O–H groups in total. The Bertz CT molecular complexity index is 397. The van der Waals surface area contributed by atoms with Crippen molar-refractivity contribution in [1.82, 2.24) is 0 Å². The Kier molecular flexibility index (Phi) is 4.28. The second-order valence-corrected chi connectivity index (χ2v) is 2.86. The fraction of sp³-hybridized carbons (Fsp3) is 0.273. The van der Waals surface area contributed by atoms with Gasteiger partial charge in [0.15, 0.2) is 0 Å². The minimum atomic E-state index is -1.08. The molecule has 1 aromatic carbocycles. The molecule has 16 heavy (non-hydrogen) atoms. The topological polar surface area (TPSA) is 59.3 Å². The van der Waals surface area contributed by atoms with E-state index in [9.17, 15) is 9.18 Å². The average molecular weight is 223 g/mol. The van der Waals surface area contributed by atoms with Gasteiger partial charge in [-0.25, -0.2) is 9.18 Å². The second-order valence-electron chi connectivity index (χ2n) is 2.86. The molecule has 84 valence electrons. The fourth-order valence-corrected chi connectivity index (χ4v) is 1.05. The summed E-state index contributed by atoms with van der Waals surface area (Å²) in [6.07, 6.45) is -2.00. The third-order valence-electron chi connectivity index (χ3n) is 1.77. The van der Waals surface area contributed by atoms with Crippen molar-refractivity contribution in [2.45, 2.75) is 13.0 Å². The van der Waals surface area contributed by atoms with E-state index in [1.54, 1.807) is 13.0 Å². The van der Waals surface area contributed by atoms with E-state index in [1.807, 2.05) is 0 Å². The maximum atomic E-state index is 12.6. The highest BCUT2D eigenvalue weighted by Gasteiger charge is 2.16. The molecule has 0 saturated carbocycles. The average Bonchev–Trinajstić information content (AvgIpc) is 2.27. The van der Waals surface area contributed by atoms with E-state index >= 15 is 0 Å². The van der Waals surface area contributed by atoms with Crippen LogP contribution >= 0.6 is 0 Å². The van der Waals surface area contributed by atoms with Gasteiger partial charge in [-0.2, -0.15) is 5.26 Å². The van der Waals surface area contributed by atoms with Crippen LogP contribution in [0.4, 0.5) is 9.18 Å². The van der Waals surface area contributed by atoms with E-state index in [-0.39, 0.29) is 6.61 Å². The fourth-order valence-electron chi connectivity index (χ4n) is 1.05. The van der Waals surface area contributed by atoms with Crippen LogP contribution in [0.1, 0.15) is 18.6 Å². The van der Waals surface area contributed by atoms with Crippen LogP contribution in [0.2, 0.25) is 0 Å². The number of rotatable bonds is 3. The van der Waals surface area contributed by atoms with Crippen molar-refractivity contribution in [3.63, 3.8) is 0 Å². The SMILES string of the molecule is CCOC(=O)OC(C#N)c1ccc(F)cc1. The number of ether oxygens (including phenoxy) is 2. The van der Waals surface area contributed by atoms with E-state index in [4.69, 9.17) is 10.00 Å². The van der Waals surface area contributed by atoms with Gasteiger partial charge in [-0.15, -0.1) is 0 Å². The summed E-state index contributed by atoms with van der Waals surface area (Å²) in [5, 5.41) is 8.79. The van der Waals surface area contributed by atoms with Crippen LogP contribution in [-0.4, -0.2) is 12.8 Å². The van der Waals surface area contributed by atoms with E-state index in [0.717, 1.165) is 0 Å². The number of hydrogen-bond donors (Lipinski definition) is 0. The highest BCUT2D eigenvalue weighted by Crippen LogP contribution is 2.17. The van der Waals surface area contributed by atoms with Gasteiger partial charge in [0.1, 0.15) is 11.9 Å². The van der Waals surface area contributed by atoms with E-state index < -0.39 is 18.1 Å². The molecule has 1 unspecified atom stereocenters. The third-order valence-corrected chi connectivity index (χ3v) is 1.77. The van der Waals surface area contributed by atoms with E-state index in [2.05, 4.69) is 4.74 Å². The monoisotopic (exact) mass is 223 g/mol. The highest BCUT2D eigenvalue weighted by atomic mass is 19.1. The summed E-state index contributed by atoms with van der Waals surface area (Å²) in [6, 6.07) is 6.91. The van der Waals surface area contributed by atoms with E-state index in [1.165, 1.54) is 24.3 Å². The zero-order valence-corrected chi connectivity index (χ0v) is 8.64. The Labute approximate surface area is 92.2 Å². The zero-order valence-electron chi connectivity index (χ0n) is 8.64. The Morgan fingerprint density at radius 3 is 2.62 bits per heavy atom. The molecule has 4 nitrogen and oxygen atoms in total. The zero-order chi connectivity index (χ0) is 12.0. The first-order valence-electron chi connectivity index (χ1n) is 4.66. The van der Waals surface area contributed by atoms with Crippen molar-refractivity contribution in [1.29, 1.82) is 5.26 Å². The molecular formula is C11H10FNO3. The smallest absolute Gasteiger partial charge is 0.435 e. The molecule has 0 spiro atoms. The summed E-state index contributed by atoms with van der Waals surface area (Å²) < 4.78 is 21.9. The first kappa shape index (κ1) is 12.0. The van der Waals surface area contributed by atoms with Gasteiger partial charge in [-0.3, -0.25) is 0 Å². The predicted octanol–water partition coefficient (Wildman–Crippen LogP) is 2.56. The maximum absolute atomic E-state index is 12.6. The predicted molar refractivity (Wildman–Crippen MR) is 52.9 cm³/mol. The second kappa shape index (κ2) is 5.71. The number of carbonyl (C=O) groups is 1. The lowest BCUT2D eigenvalue weighted by atomic mass is 10.1. The van der Waals surface area contributed by atoms with Gasteiger partial charge < -0.3 is 9.47 Å². The Hall–Kier alpha value is -2.09. The molecule has 0 saturated heterocycles. The number of nitriles is 1. The van der Waals surface area contributed by atoms with Gasteiger partial charge >= 0.3 is 6.16 Å². The van der Waals surface area contributed by atoms with Crippen molar-refractivity contribution in [2.75, 3.05) is 6.61 Å². The van der Waals surface area contributed by atoms with Crippen LogP contribution in [0, 0.1) is 17.1 Å². The molecule has 0 aliphatic carbocycles. The van der Waals surface area contributed by atoms with Crippen LogP contribution in [0.3, 0.4) is 0 Å². The number of hydrogen-bond acceptors (Lipinski definition) is 4. The molecule has 1 atom stereocenters. The van der Waals surface area contributed by atoms with Crippen molar-refractivity contribution in [3.8, 4) is 6.07 Å². The first-order valence-corrected chi connectivity index (χ1v) is 4.66. The molecule has 0 radical (unpaired) electrons. The number of carbonyl (C=O) groups excluding carboxylic acids is 1. The van der Waals surface area contributed by atoms with Crippen LogP contribution < -0.4 is 0 Å². The van der Waals surface area contributed by atoms with Gasteiger partial charge in [0.05, 0.1) is 6.61 Å². The van der Waals surface area contributed by atoms with Crippen molar-refractivity contribution in [2.24, 2.45) is 0 Å². The summed E-state index contributed by atoms with van der Waals surface area (Å²) in [7, 11) is 0. The lowest BCUT2D eigenvalue weighted by Crippen LogP contribution is -2.11. The van der Waals surface area contributed by atoms with Gasteiger partial charge in [-0.1, -0.05) is 12.1 Å². The quantitative estimate of drug-likeness (QED) is 0.739. The van der Waals surface area contributed by atoms with Crippen molar-refractivity contribution in [3.05, 3.63) is 35.6 Å². The highest BCUT2D eigenvalue weighted by molar-refractivity contribution is 5.60. The molecule has 0 aliphatic rings. The van der Waals surface area contributed by atoms with Crippen molar-refractivity contribution >= 4 is 6.16 Å².